The predicted octanol–water partition coefficient (Wildman–Crippen LogP) is 3.06. The summed E-state index contributed by atoms with van der Waals surface area (Å²) in [4.78, 5) is 39.0. The van der Waals surface area contributed by atoms with Gasteiger partial charge in [-0.3, -0.25) is 14.4 Å². The van der Waals surface area contributed by atoms with Crippen LogP contribution in [0, 0.1) is 0 Å². The first-order valence-electron chi connectivity index (χ1n) is 11.1. The Morgan fingerprint density at radius 1 is 1.18 bits per heavy atom. The van der Waals surface area contributed by atoms with Gasteiger partial charge in [-0.2, -0.15) is 13.2 Å². The maximum Gasteiger partial charge on any atom is 0.409 e. The van der Waals surface area contributed by atoms with E-state index in [2.05, 4.69) is 17.4 Å². The monoisotopic (exact) mass is 479 g/mol. The molecule has 2 N–H and O–H groups in total. The summed E-state index contributed by atoms with van der Waals surface area (Å²) < 4.78 is 36.6. The third-order valence-electron chi connectivity index (χ3n) is 6.23. The van der Waals surface area contributed by atoms with Crippen LogP contribution in [0.3, 0.4) is 0 Å². The lowest BCUT2D eigenvalue weighted by atomic mass is 9.82. The summed E-state index contributed by atoms with van der Waals surface area (Å²) in [7, 11) is 1.30. The third-order valence-corrected chi connectivity index (χ3v) is 6.23. The van der Waals surface area contributed by atoms with Crippen LogP contribution in [0.4, 0.5) is 13.2 Å². The van der Waals surface area contributed by atoms with Crippen molar-refractivity contribution in [1.82, 2.24) is 15.1 Å². The Morgan fingerprint density at radius 2 is 1.82 bits per heavy atom. The molecule has 184 valence electrons. The van der Waals surface area contributed by atoms with Crippen LogP contribution in [0.2, 0.25) is 0 Å². The van der Waals surface area contributed by atoms with Crippen LogP contribution in [0.15, 0.2) is 53.8 Å². The number of benzene rings is 1. The van der Waals surface area contributed by atoms with Crippen LogP contribution >= 0.6 is 0 Å². The first kappa shape index (κ1) is 25.3. The molecule has 10 heteroatoms. The van der Waals surface area contributed by atoms with Gasteiger partial charge in [-0.1, -0.05) is 30.3 Å². The molecule has 0 radical (unpaired) electrons. The first-order valence-corrected chi connectivity index (χ1v) is 11.1. The minimum Gasteiger partial charge on any atom is -0.503 e. The van der Waals surface area contributed by atoms with E-state index in [4.69, 9.17) is 0 Å². The SMILES string of the molecule is CN(CCN1CC(C(=O)NC2CCC(c3ccccc3)CC2)=C(O)C1=O)C(=O)/C=C/C(F)(F)F. The normalized spacial score (nSPS) is 21.3. The number of amides is 3. The molecule has 1 aliphatic heterocycles. The average molecular weight is 479 g/mol. The number of alkyl halides is 3. The molecular weight excluding hydrogens is 451 g/mol. The number of likely N-dealkylation sites (N-methyl/N-ethyl adjacent to an activating group) is 1. The van der Waals surface area contributed by atoms with E-state index in [1.807, 2.05) is 18.2 Å². The molecule has 34 heavy (non-hydrogen) atoms. The van der Waals surface area contributed by atoms with Gasteiger partial charge in [0.05, 0.1) is 12.1 Å². The van der Waals surface area contributed by atoms with Crippen molar-refractivity contribution in [3.05, 3.63) is 59.4 Å². The lowest BCUT2D eigenvalue weighted by Gasteiger charge is -2.29. The molecule has 1 fully saturated rings. The summed E-state index contributed by atoms with van der Waals surface area (Å²) in [5.74, 6) is -2.32. The van der Waals surface area contributed by atoms with Crippen LogP contribution in [0.5, 0.6) is 0 Å². The minimum absolute atomic E-state index is 0.0377. The van der Waals surface area contributed by atoms with Crippen LogP contribution in [-0.4, -0.2) is 71.5 Å². The van der Waals surface area contributed by atoms with E-state index >= 15 is 0 Å². The highest BCUT2D eigenvalue weighted by atomic mass is 19.4. The largest absolute Gasteiger partial charge is 0.503 e. The molecule has 0 saturated heterocycles. The Hall–Kier alpha value is -3.30. The van der Waals surface area contributed by atoms with Gasteiger partial charge in [0, 0.05) is 38.3 Å². The number of aliphatic hydroxyl groups excluding tert-OH is 1. The van der Waals surface area contributed by atoms with E-state index < -0.39 is 29.7 Å². The molecule has 0 spiro atoms. The zero-order valence-corrected chi connectivity index (χ0v) is 18.8. The number of hydrogen-bond acceptors (Lipinski definition) is 4. The van der Waals surface area contributed by atoms with E-state index in [0.717, 1.165) is 30.6 Å². The molecule has 0 aromatic heterocycles. The van der Waals surface area contributed by atoms with Gasteiger partial charge < -0.3 is 20.2 Å². The highest BCUT2D eigenvalue weighted by Gasteiger charge is 2.35. The number of nitrogens with zero attached hydrogens (tertiary/aromatic N) is 2. The molecule has 0 bridgehead atoms. The Kier molecular flexibility index (Phi) is 8.01. The molecule has 1 aromatic rings. The molecule has 7 nitrogen and oxygen atoms in total. The van der Waals surface area contributed by atoms with Crippen LogP contribution in [0.1, 0.15) is 37.2 Å². The second-order valence-electron chi connectivity index (χ2n) is 8.62. The Bertz CT molecular complexity index is 967. The van der Waals surface area contributed by atoms with Gasteiger partial charge in [0.1, 0.15) is 0 Å². The van der Waals surface area contributed by atoms with E-state index in [-0.39, 0.29) is 37.3 Å². The van der Waals surface area contributed by atoms with E-state index in [0.29, 0.717) is 12.0 Å². The number of rotatable bonds is 7. The molecule has 1 aromatic carbocycles. The van der Waals surface area contributed by atoms with E-state index in [1.54, 1.807) is 0 Å². The smallest absolute Gasteiger partial charge is 0.409 e. The van der Waals surface area contributed by atoms with Crippen LogP contribution in [0.25, 0.3) is 0 Å². The number of carbonyl (C=O) groups is 3. The van der Waals surface area contributed by atoms with Crippen molar-refractivity contribution >= 4 is 17.7 Å². The fourth-order valence-electron chi connectivity index (χ4n) is 4.22. The molecule has 0 atom stereocenters. The molecule has 0 unspecified atom stereocenters. The quantitative estimate of drug-likeness (QED) is 0.589. The van der Waals surface area contributed by atoms with Gasteiger partial charge >= 0.3 is 6.18 Å². The Morgan fingerprint density at radius 3 is 2.44 bits per heavy atom. The lowest BCUT2D eigenvalue weighted by Crippen LogP contribution is -2.40. The first-order chi connectivity index (χ1) is 16.0. The zero-order chi connectivity index (χ0) is 24.9. The molecule has 1 heterocycles. The summed E-state index contributed by atoms with van der Waals surface area (Å²) >= 11 is 0. The number of allylic oxidation sites excluding steroid dienone is 1. The highest BCUT2D eigenvalue weighted by Crippen LogP contribution is 2.33. The van der Waals surface area contributed by atoms with Gasteiger partial charge in [-0.15, -0.1) is 0 Å². The maximum atomic E-state index is 12.7. The minimum atomic E-state index is -4.60. The van der Waals surface area contributed by atoms with Gasteiger partial charge in [-0.05, 0) is 37.2 Å². The van der Waals surface area contributed by atoms with Crippen molar-refractivity contribution in [2.75, 3.05) is 26.7 Å². The average Bonchev–Trinajstić information content (AvgIpc) is 3.10. The standard InChI is InChI=1S/C24H28F3N3O4/c1-29(20(31)11-12-24(25,26)27)13-14-30-15-19(21(32)23(30)34)22(33)28-18-9-7-17(8-10-18)16-5-3-2-4-6-16/h2-6,11-12,17-18,32H,7-10,13-15H2,1H3,(H,28,33)/b12-11+. The van der Waals surface area contributed by atoms with E-state index in [1.165, 1.54) is 17.5 Å². The van der Waals surface area contributed by atoms with Crippen molar-refractivity contribution in [1.29, 1.82) is 0 Å². The summed E-state index contributed by atoms with van der Waals surface area (Å²) in [6.45, 7) is -0.224. The predicted molar refractivity (Wildman–Crippen MR) is 119 cm³/mol. The molecule has 1 saturated carbocycles. The van der Waals surface area contributed by atoms with Crippen molar-refractivity contribution < 1.29 is 32.7 Å². The van der Waals surface area contributed by atoms with Gasteiger partial charge in [-0.25, -0.2) is 0 Å². The second kappa shape index (κ2) is 10.8. The Labute approximate surface area is 195 Å². The molecular formula is C24H28F3N3O4. The molecule has 1 aliphatic carbocycles. The molecule has 2 aliphatic rings. The number of aliphatic hydroxyl groups is 1. The lowest BCUT2D eigenvalue weighted by molar-refractivity contribution is -0.130. The van der Waals surface area contributed by atoms with Gasteiger partial charge in [0.25, 0.3) is 11.8 Å². The van der Waals surface area contributed by atoms with Crippen molar-refractivity contribution in [2.45, 2.75) is 43.8 Å². The molecule has 3 amide bonds. The fraction of sp³-hybridized carbons (Fsp3) is 0.458. The topological polar surface area (TPSA) is 89.9 Å². The van der Waals surface area contributed by atoms with Crippen LogP contribution < -0.4 is 5.32 Å². The fourth-order valence-corrected chi connectivity index (χ4v) is 4.22. The third kappa shape index (κ3) is 6.61. The maximum absolute atomic E-state index is 12.7. The number of nitrogens with one attached hydrogen (secondary N) is 1. The van der Waals surface area contributed by atoms with Crippen molar-refractivity contribution in [2.24, 2.45) is 0 Å². The zero-order valence-electron chi connectivity index (χ0n) is 18.8. The summed E-state index contributed by atoms with van der Waals surface area (Å²) in [6, 6.07) is 10.1. The van der Waals surface area contributed by atoms with E-state index in [9.17, 15) is 32.7 Å². The number of halogens is 3. The van der Waals surface area contributed by atoms with Crippen molar-refractivity contribution in [3.8, 4) is 0 Å². The highest BCUT2D eigenvalue weighted by molar-refractivity contribution is 6.07. The summed E-state index contributed by atoms with van der Waals surface area (Å²) in [5, 5.41) is 13.1. The number of hydrogen-bond donors (Lipinski definition) is 2. The van der Waals surface area contributed by atoms with Crippen LogP contribution in [-0.2, 0) is 14.4 Å². The number of carbonyl (C=O) groups excluding carboxylic acids is 3. The second-order valence-corrected chi connectivity index (χ2v) is 8.62. The Balaban J connectivity index is 1.47. The van der Waals surface area contributed by atoms with Crippen molar-refractivity contribution in [3.63, 3.8) is 0 Å². The summed E-state index contributed by atoms with van der Waals surface area (Å²) in [6.07, 6.45) is -0.920. The summed E-state index contributed by atoms with van der Waals surface area (Å²) in [5.41, 5.74) is 1.24. The molecule has 3 rings (SSSR count). The van der Waals surface area contributed by atoms with Gasteiger partial charge in [0.2, 0.25) is 5.91 Å². The van der Waals surface area contributed by atoms with Gasteiger partial charge in [0.15, 0.2) is 5.76 Å².